The van der Waals surface area contributed by atoms with Gasteiger partial charge in [-0.25, -0.2) is 18.2 Å². The van der Waals surface area contributed by atoms with Crippen LogP contribution in [0.3, 0.4) is 0 Å². The molecule has 4 aliphatic carbocycles. The zero-order chi connectivity index (χ0) is 22.3. The summed E-state index contributed by atoms with van der Waals surface area (Å²) in [5, 5.41) is 6.14. The third kappa shape index (κ3) is 4.54. The van der Waals surface area contributed by atoms with Crippen molar-refractivity contribution in [2.24, 2.45) is 17.8 Å². The van der Waals surface area contributed by atoms with Crippen molar-refractivity contribution >= 4 is 33.7 Å². The molecule has 4 bridgehead atoms. The number of imide groups is 1. The lowest BCUT2D eigenvalue weighted by molar-refractivity contribution is -0.117. The molecular formula is C22H30N4O4S2. The monoisotopic (exact) mass is 478 g/mol. The molecule has 10 heteroatoms. The number of aromatic nitrogens is 1. The van der Waals surface area contributed by atoms with Crippen molar-refractivity contribution in [3.63, 3.8) is 0 Å². The first-order chi connectivity index (χ1) is 15.3. The van der Waals surface area contributed by atoms with Crippen LogP contribution in [0.5, 0.6) is 0 Å². The van der Waals surface area contributed by atoms with Gasteiger partial charge in [0.25, 0.3) is 0 Å². The molecule has 174 valence electrons. The van der Waals surface area contributed by atoms with E-state index in [1.54, 1.807) is 6.07 Å². The second-order valence-corrected chi connectivity index (χ2v) is 12.9. The fourth-order valence-electron chi connectivity index (χ4n) is 6.52. The summed E-state index contributed by atoms with van der Waals surface area (Å²) in [7, 11) is -3.50. The van der Waals surface area contributed by atoms with Crippen molar-refractivity contribution in [1.82, 2.24) is 19.9 Å². The first-order valence-corrected chi connectivity index (χ1v) is 13.9. The average molecular weight is 479 g/mol. The first kappa shape index (κ1) is 22.2. The maximum Gasteiger partial charge on any atom is 0.321 e. The summed E-state index contributed by atoms with van der Waals surface area (Å²) in [5.74, 6) is 1.82. The van der Waals surface area contributed by atoms with Gasteiger partial charge < -0.3 is 5.32 Å². The van der Waals surface area contributed by atoms with Crippen LogP contribution in [0.2, 0.25) is 0 Å². The zero-order valence-electron chi connectivity index (χ0n) is 18.1. The minimum absolute atomic E-state index is 0.0412. The number of nitrogens with one attached hydrogen (secondary N) is 2. The molecule has 1 aliphatic heterocycles. The number of hydrogen-bond donors (Lipinski definition) is 2. The Morgan fingerprint density at radius 2 is 1.69 bits per heavy atom. The lowest BCUT2D eigenvalue weighted by atomic mass is 9.53. The summed E-state index contributed by atoms with van der Waals surface area (Å²) in [6.45, 7) is 1.09. The Morgan fingerprint density at radius 1 is 1.06 bits per heavy atom. The number of carbonyl (C=O) groups excluding carboxylic acids is 2. The summed E-state index contributed by atoms with van der Waals surface area (Å²) in [6.07, 6.45) is 10.1. The molecule has 8 nitrogen and oxygen atoms in total. The van der Waals surface area contributed by atoms with Crippen LogP contribution in [0.15, 0.2) is 28.3 Å². The van der Waals surface area contributed by atoms with Crippen molar-refractivity contribution in [2.75, 3.05) is 18.8 Å². The molecule has 2 heterocycles. The molecule has 3 amide bonds. The predicted molar refractivity (Wildman–Crippen MR) is 121 cm³/mol. The minimum atomic E-state index is -3.50. The number of thioether (sulfide) groups is 1. The Hall–Kier alpha value is -1.65. The lowest BCUT2D eigenvalue weighted by Crippen LogP contribution is -2.61. The highest BCUT2D eigenvalue weighted by Gasteiger charge is 2.51. The Bertz CT molecular complexity index is 954. The number of hydrogen-bond acceptors (Lipinski definition) is 6. The second-order valence-electron chi connectivity index (χ2n) is 9.93. The van der Waals surface area contributed by atoms with E-state index in [9.17, 15) is 18.0 Å². The topological polar surface area (TPSA) is 108 Å². The van der Waals surface area contributed by atoms with Gasteiger partial charge in [-0.1, -0.05) is 11.8 Å². The molecule has 2 N–H and O–H groups in total. The van der Waals surface area contributed by atoms with Crippen LogP contribution in [-0.4, -0.2) is 54.0 Å². The number of urea groups is 1. The molecule has 1 aromatic heterocycles. The Balaban J connectivity index is 1.11. The highest BCUT2D eigenvalue weighted by Crippen LogP contribution is 2.55. The average Bonchev–Trinajstić information content (AvgIpc) is 3.27. The third-order valence-corrected chi connectivity index (χ3v) is 10.3. The molecular weight excluding hydrogens is 448 g/mol. The van der Waals surface area contributed by atoms with Crippen LogP contribution in [-0.2, 0) is 14.8 Å². The molecule has 4 saturated carbocycles. The van der Waals surface area contributed by atoms with E-state index in [1.165, 1.54) is 47.6 Å². The highest BCUT2D eigenvalue weighted by atomic mass is 32.2. The molecule has 6 rings (SSSR count). The molecule has 0 atom stereocenters. The van der Waals surface area contributed by atoms with Gasteiger partial charge in [-0.3, -0.25) is 10.1 Å². The SMILES string of the molecule is O=C(CSc1ccc(S(=O)(=O)N2CCCC2)cn1)NC(=O)NC12CC3CC(CC(C3)C1)C2. The van der Waals surface area contributed by atoms with Crippen LogP contribution in [0.1, 0.15) is 51.4 Å². The standard InChI is InChI=1S/C22H30N4O4S2/c27-19(24-21(28)25-22-10-15-7-16(11-22)9-17(8-15)12-22)14-31-20-4-3-18(13-23-20)32(29,30)26-5-1-2-6-26/h3-4,13,15-17H,1-2,5-12,14H2,(H2,24,25,27,28). The number of rotatable bonds is 6. The molecule has 0 radical (unpaired) electrons. The van der Waals surface area contributed by atoms with Gasteiger partial charge in [0.2, 0.25) is 15.9 Å². The van der Waals surface area contributed by atoms with Gasteiger partial charge in [0.1, 0.15) is 4.90 Å². The van der Waals surface area contributed by atoms with Crippen LogP contribution in [0.4, 0.5) is 4.79 Å². The third-order valence-electron chi connectivity index (χ3n) is 7.43. The normalized spacial score (nSPS) is 31.6. The van der Waals surface area contributed by atoms with Crippen LogP contribution in [0, 0.1) is 17.8 Å². The van der Waals surface area contributed by atoms with Crippen molar-refractivity contribution in [2.45, 2.75) is 66.8 Å². The lowest BCUT2D eigenvalue weighted by Gasteiger charge is -2.56. The molecule has 5 aliphatic rings. The number of sulfonamides is 1. The van der Waals surface area contributed by atoms with Gasteiger partial charge in [-0.2, -0.15) is 4.31 Å². The summed E-state index contributed by atoms with van der Waals surface area (Å²) < 4.78 is 26.6. The van der Waals surface area contributed by atoms with Gasteiger partial charge in [0, 0.05) is 24.8 Å². The van der Waals surface area contributed by atoms with E-state index in [2.05, 4.69) is 15.6 Å². The first-order valence-electron chi connectivity index (χ1n) is 11.5. The molecule has 0 aromatic carbocycles. The van der Waals surface area contributed by atoms with Crippen LogP contribution in [0.25, 0.3) is 0 Å². The largest absolute Gasteiger partial charge is 0.332 e. The fourth-order valence-corrected chi connectivity index (χ4v) is 8.63. The van der Waals surface area contributed by atoms with E-state index in [0.717, 1.165) is 49.9 Å². The van der Waals surface area contributed by atoms with E-state index in [1.807, 2.05) is 0 Å². The number of pyridine rings is 1. The Kier molecular flexibility index (Phi) is 5.96. The molecule has 0 spiro atoms. The van der Waals surface area contributed by atoms with E-state index < -0.39 is 16.1 Å². The van der Waals surface area contributed by atoms with Gasteiger partial charge in [-0.05, 0) is 81.3 Å². The summed E-state index contributed by atoms with van der Waals surface area (Å²) in [5.41, 5.74) is -0.134. The number of nitrogens with zero attached hydrogens (tertiary/aromatic N) is 2. The van der Waals surface area contributed by atoms with Gasteiger partial charge in [-0.15, -0.1) is 0 Å². The number of carbonyl (C=O) groups is 2. The van der Waals surface area contributed by atoms with Crippen molar-refractivity contribution in [3.05, 3.63) is 18.3 Å². The summed E-state index contributed by atoms with van der Waals surface area (Å²) >= 11 is 1.18. The molecule has 1 saturated heterocycles. The summed E-state index contributed by atoms with van der Waals surface area (Å²) in [6, 6.07) is 2.73. The van der Waals surface area contributed by atoms with E-state index >= 15 is 0 Å². The molecule has 32 heavy (non-hydrogen) atoms. The van der Waals surface area contributed by atoms with Gasteiger partial charge in [0.15, 0.2) is 0 Å². The molecule has 1 aromatic rings. The van der Waals surface area contributed by atoms with Crippen LogP contribution < -0.4 is 10.6 Å². The van der Waals surface area contributed by atoms with Gasteiger partial charge >= 0.3 is 6.03 Å². The van der Waals surface area contributed by atoms with Crippen LogP contribution >= 0.6 is 11.8 Å². The van der Waals surface area contributed by atoms with E-state index in [0.29, 0.717) is 18.1 Å². The molecule has 5 fully saturated rings. The van der Waals surface area contributed by atoms with E-state index in [-0.39, 0.29) is 22.1 Å². The Morgan fingerprint density at radius 3 is 2.25 bits per heavy atom. The maximum absolute atomic E-state index is 12.6. The quantitative estimate of drug-likeness (QED) is 0.609. The summed E-state index contributed by atoms with van der Waals surface area (Å²) in [4.78, 5) is 29.1. The predicted octanol–water partition coefficient (Wildman–Crippen LogP) is 2.75. The minimum Gasteiger partial charge on any atom is -0.332 e. The smallest absolute Gasteiger partial charge is 0.321 e. The second kappa shape index (κ2) is 8.61. The van der Waals surface area contributed by atoms with Crippen molar-refractivity contribution < 1.29 is 18.0 Å². The maximum atomic E-state index is 12.6. The highest BCUT2D eigenvalue weighted by molar-refractivity contribution is 7.99. The van der Waals surface area contributed by atoms with E-state index in [4.69, 9.17) is 0 Å². The number of amides is 3. The fraction of sp³-hybridized carbons (Fsp3) is 0.682. The van der Waals surface area contributed by atoms with Gasteiger partial charge in [0.05, 0.1) is 10.8 Å². The van der Waals surface area contributed by atoms with Crippen molar-refractivity contribution in [3.8, 4) is 0 Å². The zero-order valence-corrected chi connectivity index (χ0v) is 19.7. The Labute approximate surface area is 193 Å². The van der Waals surface area contributed by atoms with Crippen molar-refractivity contribution in [1.29, 1.82) is 0 Å². The molecule has 0 unspecified atom stereocenters.